The zero-order valence-corrected chi connectivity index (χ0v) is 35.6. The largest absolute Gasteiger partial charge is 0.377 e. The Bertz CT molecular complexity index is 1520. The lowest BCUT2D eigenvalue weighted by Gasteiger charge is -2.20. The van der Waals surface area contributed by atoms with Gasteiger partial charge in [0.1, 0.15) is 25.3 Å². The molecule has 0 spiro atoms. The van der Waals surface area contributed by atoms with Crippen molar-refractivity contribution in [3.05, 3.63) is 0 Å². The first-order valence-corrected chi connectivity index (χ1v) is 20.7. The minimum Gasteiger partial charge on any atom is -0.377 e. The maximum absolute atomic E-state index is 13.1. The molecule has 1 saturated heterocycles. The van der Waals surface area contributed by atoms with Gasteiger partial charge in [0.2, 0.25) is 59.1 Å². The number of ether oxygens (including phenoxy) is 4. The van der Waals surface area contributed by atoms with Crippen LogP contribution in [0, 0.1) is 0 Å². The molecule has 1 aliphatic rings. The van der Waals surface area contributed by atoms with E-state index in [1.165, 1.54) is 0 Å². The third kappa shape index (κ3) is 27.5. The molecule has 1 unspecified atom stereocenters. The Morgan fingerprint density at radius 1 is 0.557 bits per heavy atom. The molecule has 0 aromatic carbocycles. The molecular formula is C32H53N11O15S3. The third-order valence-corrected chi connectivity index (χ3v) is 8.92. The molecule has 0 aliphatic carbocycles. The standard InChI is InChI=1S/C32H53N11O15S3/c33-21(44)14-58-15-27(50)34-1-3-55-5-7-57-8-6-56-4-2-35-31(54)32-43-26(49)13-40-30(53)20(17-60)41-24(47)11-37-22(45)9-36-23(46)10-39-29(52)19(16-59)42-25(48)12-38-28(51)18-61-32/h19-20,32,59-60H,1-18H2,(H2,33,44)(H,34,50)(H,35,54)(H,36,46)(H,37,45)(H,38,51)(H,39,52)(H,40,53)(H,41,47)(H,42,48)(H,43,49)/t19-,20-,32?/m0/s1. The van der Waals surface area contributed by atoms with Gasteiger partial charge < -0.3 is 77.8 Å². The average molecular weight is 928 g/mol. The molecule has 0 saturated carbocycles. The Labute approximate surface area is 365 Å². The fourth-order valence-corrected chi connectivity index (χ4v) is 5.53. The number of hydrogen-bond donors (Lipinski definition) is 13. The van der Waals surface area contributed by atoms with Gasteiger partial charge in [0.15, 0.2) is 5.37 Å². The van der Waals surface area contributed by atoms with E-state index in [0.717, 1.165) is 0 Å². The lowest BCUT2D eigenvalue weighted by Crippen LogP contribution is -2.54. The lowest BCUT2D eigenvalue weighted by molar-refractivity contribution is -0.131. The first-order valence-electron chi connectivity index (χ1n) is 18.4. The van der Waals surface area contributed by atoms with Gasteiger partial charge in [-0.25, -0.2) is 0 Å². The number of carbonyl (C=O) groups excluding carboxylic acids is 11. The molecule has 3 atom stereocenters. The quantitative estimate of drug-likeness (QED) is 0.0423. The Hall–Kier alpha value is -4.94. The minimum atomic E-state index is -1.38. The Kier molecular flexibility index (Phi) is 29.1. The highest BCUT2D eigenvalue weighted by molar-refractivity contribution is 8.01. The van der Waals surface area contributed by atoms with Crippen LogP contribution in [0.25, 0.3) is 0 Å². The minimum absolute atomic E-state index is 0.0222. The van der Waals surface area contributed by atoms with Crippen LogP contribution in [0.3, 0.4) is 0 Å². The van der Waals surface area contributed by atoms with Gasteiger partial charge in [-0.1, -0.05) is 0 Å². The van der Waals surface area contributed by atoms with Gasteiger partial charge >= 0.3 is 0 Å². The van der Waals surface area contributed by atoms with Crippen LogP contribution in [0.4, 0.5) is 0 Å². The molecule has 344 valence electrons. The molecule has 11 amide bonds. The van der Waals surface area contributed by atoms with E-state index in [1.807, 2.05) is 0 Å². The lowest BCUT2D eigenvalue weighted by atomic mass is 10.3. The van der Waals surface area contributed by atoms with Crippen molar-refractivity contribution in [3.63, 3.8) is 0 Å². The molecule has 1 rings (SSSR count). The Morgan fingerprint density at radius 2 is 0.984 bits per heavy atom. The summed E-state index contributed by atoms with van der Waals surface area (Å²) in [5.74, 6) is -9.03. The monoisotopic (exact) mass is 927 g/mol. The number of thioether (sulfide) groups is 1. The molecule has 0 aromatic heterocycles. The fourth-order valence-electron chi connectivity index (χ4n) is 4.15. The van der Waals surface area contributed by atoms with Gasteiger partial charge in [-0.3, -0.25) is 52.7 Å². The van der Waals surface area contributed by atoms with Crippen LogP contribution in [0.2, 0.25) is 0 Å². The molecule has 1 heterocycles. The summed E-state index contributed by atoms with van der Waals surface area (Å²) in [6, 6.07) is -2.45. The van der Waals surface area contributed by atoms with Crippen molar-refractivity contribution >= 4 is 102 Å². The second-order valence-corrected chi connectivity index (χ2v) is 13.9. The molecule has 12 N–H and O–H groups in total. The van der Waals surface area contributed by atoms with Gasteiger partial charge in [0.05, 0.1) is 78.1 Å². The number of primary amides is 1. The molecule has 29 heteroatoms. The number of carbonyl (C=O) groups is 11. The van der Waals surface area contributed by atoms with Gasteiger partial charge in [-0.05, 0) is 0 Å². The van der Waals surface area contributed by atoms with Crippen LogP contribution >= 0.6 is 37.0 Å². The van der Waals surface area contributed by atoms with E-state index in [-0.39, 0.29) is 77.5 Å². The highest BCUT2D eigenvalue weighted by atomic mass is 32.2. The summed E-state index contributed by atoms with van der Waals surface area (Å²) in [5, 5.41) is 22.1. The third-order valence-electron chi connectivity index (χ3n) is 7.10. The predicted molar refractivity (Wildman–Crippen MR) is 219 cm³/mol. The van der Waals surface area contributed by atoms with Crippen molar-refractivity contribution in [2.75, 3.05) is 116 Å². The van der Waals surface area contributed by atoms with E-state index in [1.54, 1.807) is 0 Å². The van der Waals surface area contributed by atoms with E-state index < -0.39 is 121 Å². The first kappa shape index (κ1) is 54.1. The van der Waals surface area contributed by atoms with E-state index in [9.17, 15) is 52.7 Å². The smallest absolute Gasteiger partial charge is 0.253 e. The summed E-state index contributed by atoms with van der Waals surface area (Å²) in [6.45, 7) is -2.41. The number of nitrogens with one attached hydrogen (secondary N) is 10. The van der Waals surface area contributed by atoms with Crippen molar-refractivity contribution in [1.82, 2.24) is 53.2 Å². The summed E-state index contributed by atoms with van der Waals surface area (Å²) in [5.41, 5.74) is 4.91. The van der Waals surface area contributed by atoms with Crippen molar-refractivity contribution in [2.45, 2.75) is 17.5 Å². The SMILES string of the molecule is NC(=O)COCC(=O)NCCOCCOCCOCCNC(=O)C1NC(=O)CNC(=O)[C@H](CS)NC(=O)CNC(=O)CNC(=O)CNC(=O)[C@H](CS)NC(=O)CNC(=O)CS1. The van der Waals surface area contributed by atoms with Crippen LogP contribution in [-0.2, 0) is 71.7 Å². The van der Waals surface area contributed by atoms with Gasteiger partial charge in [0, 0.05) is 24.6 Å². The van der Waals surface area contributed by atoms with Crippen LogP contribution < -0.4 is 58.9 Å². The van der Waals surface area contributed by atoms with E-state index >= 15 is 0 Å². The van der Waals surface area contributed by atoms with E-state index in [2.05, 4.69) is 78.4 Å². The van der Waals surface area contributed by atoms with Crippen LogP contribution in [0.5, 0.6) is 0 Å². The maximum atomic E-state index is 13.1. The summed E-state index contributed by atoms with van der Waals surface area (Å²) in [4.78, 5) is 135. The van der Waals surface area contributed by atoms with Crippen LogP contribution in [0.15, 0.2) is 0 Å². The summed E-state index contributed by atoms with van der Waals surface area (Å²) in [7, 11) is 0. The highest BCUT2D eigenvalue weighted by Crippen LogP contribution is 2.08. The molecular weight excluding hydrogens is 875 g/mol. The summed E-state index contributed by atoms with van der Waals surface area (Å²) in [6.07, 6.45) is 0. The average Bonchev–Trinajstić information content (AvgIpc) is 3.22. The topological polar surface area (TPSA) is 371 Å². The number of nitrogens with two attached hydrogens (primary N) is 1. The molecule has 0 aromatic rings. The maximum Gasteiger partial charge on any atom is 0.253 e. The Morgan fingerprint density at radius 3 is 1.49 bits per heavy atom. The molecule has 26 nitrogen and oxygen atoms in total. The van der Waals surface area contributed by atoms with Gasteiger partial charge in [-0.2, -0.15) is 25.3 Å². The van der Waals surface area contributed by atoms with Gasteiger partial charge in [-0.15, -0.1) is 11.8 Å². The van der Waals surface area contributed by atoms with Crippen LogP contribution in [-0.4, -0.2) is 198 Å². The van der Waals surface area contributed by atoms with Crippen molar-refractivity contribution in [3.8, 4) is 0 Å². The second-order valence-electron chi connectivity index (χ2n) is 12.1. The molecule has 0 bridgehead atoms. The normalized spacial score (nSPS) is 19.7. The van der Waals surface area contributed by atoms with E-state index in [0.29, 0.717) is 11.8 Å². The zero-order valence-electron chi connectivity index (χ0n) is 33.0. The molecule has 0 radical (unpaired) electrons. The van der Waals surface area contributed by atoms with Gasteiger partial charge in [0.25, 0.3) is 5.91 Å². The summed E-state index contributed by atoms with van der Waals surface area (Å²) >= 11 is 8.74. The van der Waals surface area contributed by atoms with Crippen molar-refractivity contribution in [2.24, 2.45) is 5.73 Å². The molecule has 1 fully saturated rings. The Balaban J connectivity index is 2.70. The highest BCUT2D eigenvalue weighted by Gasteiger charge is 2.25. The molecule has 61 heavy (non-hydrogen) atoms. The number of amides is 11. The van der Waals surface area contributed by atoms with Crippen molar-refractivity contribution in [1.29, 1.82) is 0 Å². The second kappa shape index (κ2) is 32.8. The molecule has 1 aliphatic heterocycles. The van der Waals surface area contributed by atoms with E-state index in [4.69, 9.17) is 24.7 Å². The summed E-state index contributed by atoms with van der Waals surface area (Å²) < 4.78 is 20.9. The zero-order chi connectivity index (χ0) is 45.4. The number of thiol groups is 2. The number of hydrogen-bond acceptors (Lipinski definition) is 18. The van der Waals surface area contributed by atoms with Crippen molar-refractivity contribution < 1.29 is 71.7 Å². The predicted octanol–water partition coefficient (Wildman–Crippen LogP) is -8.63. The first-order chi connectivity index (χ1) is 29.1. The fraction of sp³-hybridized carbons (Fsp3) is 0.656. The number of rotatable bonds is 19. The van der Waals surface area contributed by atoms with Crippen LogP contribution in [0.1, 0.15) is 0 Å².